The largest absolute Gasteiger partial charge is 0.324 e. The summed E-state index contributed by atoms with van der Waals surface area (Å²) in [6, 6.07) is 8.78. The normalized spacial score (nSPS) is 12.4. The predicted molar refractivity (Wildman–Crippen MR) is 66.0 cm³/mol. The standard InChI is InChI=1S/C14H15FN2/c1-10-4-2-6-12(14(10)15)13(16)8-11-5-3-7-17-9-11/h2-7,9,13H,8,16H2,1H3. The quantitative estimate of drug-likeness (QED) is 0.880. The molecule has 1 aromatic carbocycles. The van der Waals surface area contributed by atoms with Gasteiger partial charge < -0.3 is 5.73 Å². The van der Waals surface area contributed by atoms with E-state index in [4.69, 9.17) is 5.73 Å². The predicted octanol–water partition coefficient (Wildman–Crippen LogP) is 2.77. The summed E-state index contributed by atoms with van der Waals surface area (Å²) in [6.45, 7) is 1.75. The van der Waals surface area contributed by atoms with E-state index < -0.39 is 0 Å². The molecule has 88 valence electrons. The molecular formula is C14H15FN2. The Balaban J connectivity index is 2.20. The van der Waals surface area contributed by atoms with Gasteiger partial charge in [0, 0.05) is 24.0 Å². The van der Waals surface area contributed by atoms with Crippen molar-refractivity contribution in [2.75, 3.05) is 0 Å². The van der Waals surface area contributed by atoms with Crippen LogP contribution >= 0.6 is 0 Å². The fraction of sp³-hybridized carbons (Fsp3) is 0.214. The Morgan fingerprint density at radius 2 is 2.12 bits per heavy atom. The van der Waals surface area contributed by atoms with Gasteiger partial charge in [-0.2, -0.15) is 0 Å². The van der Waals surface area contributed by atoms with Gasteiger partial charge >= 0.3 is 0 Å². The Morgan fingerprint density at radius 3 is 2.82 bits per heavy atom. The first-order valence-corrected chi connectivity index (χ1v) is 5.58. The third-order valence-electron chi connectivity index (χ3n) is 2.80. The van der Waals surface area contributed by atoms with Crippen molar-refractivity contribution in [1.82, 2.24) is 4.98 Å². The van der Waals surface area contributed by atoms with Crippen molar-refractivity contribution in [2.45, 2.75) is 19.4 Å². The van der Waals surface area contributed by atoms with Crippen LogP contribution in [0.4, 0.5) is 4.39 Å². The number of nitrogens with two attached hydrogens (primary N) is 1. The number of aryl methyl sites for hydroxylation is 1. The van der Waals surface area contributed by atoms with Gasteiger partial charge in [0.05, 0.1) is 0 Å². The number of pyridine rings is 1. The summed E-state index contributed by atoms with van der Waals surface area (Å²) in [5, 5.41) is 0. The van der Waals surface area contributed by atoms with Crippen LogP contribution in [0.3, 0.4) is 0 Å². The average molecular weight is 230 g/mol. The van der Waals surface area contributed by atoms with Gasteiger partial charge in [-0.3, -0.25) is 4.98 Å². The van der Waals surface area contributed by atoms with Crippen LogP contribution in [0.5, 0.6) is 0 Å². The molecule has 1 atom stereocenters. The highest BCUT2D eigenvalue weighted by Crippen LogP contribution is 2.20. The Labute approximate surface area is 100 Å². The fourth-order valence-electron chi connectivity index (χ4n) is 1.84. The van der Waals surface area contributed by atoms with E-state index in [0.29, 0.717) is 17.5 Å². The van der Waals surface area contributed by atoms with Gasteiger partial charge in [0.15, 0.2) is 0 Å². The van der Waals surface area contributed by atoms with E-state index in [-0.39, 0.29) is 11.9 Å². The molecule has 2 nitrogen and oxygen atoms in total. The summed E-state index contributed by atoms with van der Waals surface area (Å²) in [4.78, 5) is 4.02. The molecular weight excluding hydrogens is 215 g/mol. The number of halogens is 1. The summed E-state index contributed by atoms with van der Waals surface area (Å²) in [5.74, 6) is -0.205. The van der Waals surface area contributed by atoms with E-state index in [1.165, 1.54) is 0 Å². The molecule has 1 heterocycles. The monoisotopic (exact) mass is 230 g/mol. The summed E-state index contributed by atoms with van der Waals surface area (Å²) in [5.41, 5.74) is 8.24. The SMILES string of the molecule is Cc1cccc(C(N)Cc2cccnc2)c1F. The zero-order valence-electron chi connectivity index (χ0n) is 9.73. The molecule has 2 aromatic rings. The summed E-state index contributed by atoms with van der Waals surface area (Å²) >= 11 is 0. The highest BCUT2D eigenvalue weighted by molar-refractivity contribution is 5.28. The smallest absolute Gasteiger partial charge is 0.130 e. The minimum absolute atomic E-state index is 0.205. The summed E-state index contributed by atoms with van der Waals surface area (Å²) < 4.78 is 13.9. The van der Waals surface area contributed by atoms with Gasteiger partial charge in [0.1, 0.15) is 5.82 Å². The maximum absolute atomic E-state index is 13.9. The van der Waals surface area contributed by atoms with Crippen LogP contribution in [0.15, 0.2) is 42.7 Å². The van der Waals surface area contributed by atoms with Gasteiger partial charge in [-0.15, -0.1) is 0 Å². The minimum Gasteiger partial charge on any atom is -0.324 e. The molecule has 0 fully saturated rings. The van der Waals surface area contributed by atoms with Crippen LogP contribution in [0.1, 0.15) is 22.7 Å². The van der Waals surface area contributed by atoms with Crippen molar-refractivity contribution in [1.29, 1.82) is 0 Å². The fourth-order valence-corrected chi connectivity index (χ4v) is 1.84. The van der Waals surface area contributed by atoms with E-state index in [1.807, 2.05) is 18.2 Å². The lowest BCUT2D eigenvalue weighted by Gasteiger charge is -2.13. The van der Waals surface area contributed by atoms with Crippen molar-refractivity contribution in [2.24, 2.45) is 5.73 Å². The van der Waals surface area contributed by atoms with Crippen molar-refractivity contribution in [3.63, 3.8) is 0 Å². The van der Waals surface area contributed by atoms with Gasteiger partial charge in [-0.25, -0.2) is 4.39 Å². The van der Waals surface area contributed by atoms with Gasteiger partial charge in [0.2, 0.25) is 0 Å². The Kier molecular flexibility index (Phi) is 3.49. The number of hydrogen-bond acceptors (Lipinski definition) is 2. The molecule has 0 aliphatic carbocycles. The van der Waals surface area contributed by atoms with E-state index >= 15 is 0 Å². The lowest BCUT2D eigenvalue weighted by molar-refractivity contribution is 0.572. The van der Waals surface area contributed by atoms with Crippen molar-refractivity contribution < 1.29 is 4.39 Å². The zero-order valence-corrected chi connectivity index (χ0v) is 9.73. The molecule has 3 heteroatoms. The van der Waals surface area contributed by atoms with Crippen molar-refractivity contribution >= 4 is 0 Å². The maximum atomic E-state index is 13.9. The molecule has 1 unspecified atom stereocenters. The summed E-state index contributed by atoms with van der Waals surface area (Å²) in [6.07, 6.45) is 4.06. The summed E-state index contributed by atoms with van der Waals surface area (Å²) in [7, 11) is 0. The van der Waals surface area contributed by atoms with E-state index in [0.717, 1.165) is 5.56 Å². The highest BCUT2D eigenvalue weighted by atomic mass is 19.1. The topological polar surface area (TPSA) is 38.9 Å². The molecule has 0 aliphatic heterocycles. The molecule has 2 N–H and O–H groups in total. The van der Waals surface area contributed by atoms with Crippen LogP contribution in [-0.4, -0.2) is 4.98 Å². The highest BCUT2D eigenvalue weighted by Gasteiger charge is 2.13. The molecule has 0 aliphatic rings. The molecule has 2 rings (SSSR count). The zero-order chi connectivity index (χ0) is 12.3. The Morgan fingerprint density at radius 1 is 1.29 bits per heavy atom. The molecule has 0 radical (unpaired) electrons. The van der Waals surface area contributed by atoms with Crippen molar-refractivity contribution in [3.8, 4) is 0 Å². The first-order valence-electron chi connectivity index (χ1n) is 5.58. The van der Waals surface area contributed by atoms with Gasteiger partial charge in [-0.05, 0) is 30.5 Å². The van der Waals surface area contributed by atoms with Crippen LogP contribution in [0.2, 0.25) is 0 Å². The minimum atomic E-state index is -0.334. The van der Waals surface area contributed by atoms with Crippen LogP contribution in [0.25, 0.3) is 0 Å². The second-order valence-corrected chi connectivity index (χ2v) is 4.15. The Hall–Kier alpha value is -1.74. The van der Waals surface area contributed by atoms with E-state index in [9.17, 15) is 4.39 Å². The molecule has 17 heavy (non-hydrogen) atoms. The van der Waals surface area contributed by atoms with E-state index in [2.05, 4.69) is 4.98 Å². The second kappa shape index (κ2) is 5.06. The molecule has 0 spiro atoms. The third kappa shape index (κ3) is 2.68. The molecule has 0 saturated carbocycles. The number of rotatable bonds is 3. The number of hydrogen-bond donors (Lipinski definition) is 1. The third-order valence-corrected chi connectivity index (χ3v) is 2.80. The number of nitrogens with zero attached hydrogens (tertiary/aromatic N) is 1. The number of benzene rings is 1. The van der Waals surface area contributed by atoms with Crippen LogP contribution in [-0.2, 0) is 6.42 Å². The molecule has 0 saturated heterocycles. The van der Waals surface area contributed by atoms with E-state index in [1.54, 1.807) is 31.5 Å². The second-order valence-electron chi connectivity index (χ2n) is 4.15. The molecule has 1 aromatic heterocycles. The van der Waals surface area contributed by atoms with Crippen molar-refractivity contribution in [3.05, 3.63) is 65.2 Å². The molecule has 0 bridgehead atoms. The van der Waals surface area contributed by atoms with Crippen LogP contribution in [0, 0.1) is 12.7 Å². The maximum Gasteiger partial charge on any atom is 0.130 e. The first-order chi connectivity index (χ1) is 8.18. The average Bonchev–Trinajstić information content (AvgIpc) is 2.34. The van der Waals surface area contributed by atoms with Gasteiger partial charge in [0.25, 0.3) is 0 Å². The number of aromatic nitrogens is 1. The molecule has 0 amide bonds. The van der Waals surface area contributed by atoms with Gasteiger partial charge in [-0.1, -0.05) is 24.3 Å². The van der Waals surface area contributed by atoms with Crippen LogP contribution < -0.4 is 5.73 Å². The Bertz CT molecular complexity index is 497. The lowest BCUT2D eigenvalue weighted by Crippen LogP contribution is -2.15. The first kappa shape index (κ1) is 11.7. The lowest BCUT2D eigenvalue weighted by atomic mass is 9.98.